The van der Waals surface area contributed by atoms with Gasteiger partial charge >= 0.3 is 5.97 Å². The molecule has 1 aromatic carbocycles. The molecule has 1 heterocycles. The number of ether oxygens (including phenoxy) is 3. The number of carbonyl (C=O) groups excluding carboxylic acids is 2. The summed E-state index contributed by atoms with van der Waals surface area (Å²) < 4.78 is 14.8. The van der Waals surface area contributed by atoms with Gasteiger partial charge in [-0.15, -0.1) is 0 Å². The molecule has 0 radical (unpaired) electrons. The number of hydrogen-bond donors (Lipinski definition) is 2. The average Bonchev–Trinajstić information content (AvgIpc) is 2.94. The maximum absolute atomic E-state index is 12.1. The molecular weight excluding hydrogens is 276 g/mol. The number of nitrogens with two attached hydrogens (primary N) is 1. The quantitative estimate of drug-likeness (QED) is 0.757. The van der Waals surface area contributed by atoms with E-state index in [-0.39, 0.29) is 19.1 Å². The first-order valence-electron chi connectivity index (χ1n) is 6.51. The lowest BCUT2D eigenvalue weighted by atomic mass is 9.99. The van der Waals surface area contributed by atoms with Crippen molar-refractivity contribution in [3.8, 4) is 5.75 Å². The molecule has 3 N–H and O–H groups in total. The van der Waals surface area contributed by atoms with Gasteiger partial charge < -0.3 is 25.3 Å². The number of nitrogens with one attached hydrogen (secondary N) is 1. The van der Waals surface area contributed by atoms with Gasteiger partial charge in [0.15, 0.2) is 6.61 Å². The summed E-state index contributed by atoms with van der Waals surface area (Å²) in [5.41, 5.74) is 5.59. The average molecular weight is 294 g/mol. The highest BCUT2D eigenvalue weighted by atomic mass is 16.6. The monoisotopic (exact) mass is 294 g/mol. The second-order valence-corrected chi connectivity index (χ2v) is 4.80. The number of amides is 1. The predicted octanol–water partition coefficient (Wildman–Crippen LogP) is 0.295. The van der Waals surface area contributed by atoms with Crippen LogP contribution in [0.3, 0.4) is 0 Å². The van der Waals surface area contributed by atoms with Crippen molar-refractivity contribution in [2.75, 3.05) is 32.2 Å². The van der Waals surface area contributed by atoms with E-state index in [4.69, 9.17) is 15.2 Å². The van der Waals surface area contributed by atoms with E-state index in [1.807, 2.05) is 0 Å². The Hall–Kier alpha value is -2.12. The van der Waals surface area contributed by atoms with E-state index in [2.05, 4.69) is 10.1 Å². The smallest absolute Gasteiger partial charge is 0.343 e. The van der Waals surface area contributed by atoms with E-state index in [0.29, 0.717) is 24.5 Å². The fourth-order valence-corrected chi connectivity index (χ4v) is 1.85. The van der Waals surface area contributed by atoms with Crippen LogP contribution in [0.25, 0.3) is 0 Å². The van der Waals surface area contributed by atoms with Crippen LogP contribution in [0.4, 0.5) is 5.69 Å². The standard InChI is InChI=1S/C14H18N2O5/c1-19-12(17)8-21-11-4-2-10(3-5-11)16-13(18)14(15)6-7-20-9-14/h2-5H,6-9,15H2,1H3,(H,16,18). The zero-order valence-electron chi connectivity index (χ0n) is 11.8. The van der Waals surface area contributed by atoms with Crippen molar-refractivity contribution in [3.05, 3.63) is 24.3 Å². The van der Waals surface area contributed by atoms with Gasteiger partial charge in [0.1, 0.15) is 11.3 Å². The van der Waals surface area contributed by atoms with Crippen LogP contribution in [-0.4, -0.2) is 44.3 Å². The van der Waals surface area contributed by atoms with Crippen LogP contribution in [0.1, 0.15) is 6.42 Å². The minimum absolute atomic E-state index is 0.161. The number of anilines is 1. The zero-order chi connectivity index (χ0) is 15.3. The van der Waals surface area contributed by atoms with Gasteiger partial charge in [0.25, 0.3) is 0 Å². The molecule has 114 valence electrons. The van der Waals surface area contributed by atoms with Crippen LogP contribution in [0, 0.1) is 0 Å². The Labute approximate surface area is 122 Å². The maximum atomic E-state index is 12.1. The Bertz CT molecular complexity index is 509. The molecule has 1 unspecified atom stereocenters. The normalized spacial score (nSPS) is 20.9. The fraction of sp³-hybridized carbons (Fsp3) is 0.429. The summed E-state index contributed by atoms with van der Waals surface area (Å²) in [5.74, 6) is -0.230. The molecule has 2 rings (SSSR count). The van der Waals surface area contributed by atoms with Crippen LogP contribution >= 0.6 is 0 Å². The lowest BCUT2D eigenvalue weighted by molar-refractivity contribution is -0.142. The van der Waals surface area contributed by atoms with Crippen molar-refractivity contribution in [2.24, 2.45) is 5.73 Å². The van der Waals surface area contributed by atoms with Gasteiger partial charge in [0.05, 0.1) is 13.7 Å². The Morgan fingerprint density at radius 3 is 2.67 bits per heavy atom. The van der Waals surface area contributed by atoms with Crippen LogP contribution in [0.2, 0.25) is 0 Å². The second kappa shape index (κ2) is 6.55. The minimum atomic E-state index is -0.972. The highest BCUT2D eigenvalue weighted by Crippen LogP contribution is 2.20. The number of esters is 1. The SMILES string of the molecule is COC(=O)COc1ccc(NC(=O)C2(N)CCOC2)cc1. The fourth-order valence-electron chi connectivity index (χ4n) is 1.85. The van der Waals surface area contributed by atoms with Crippen LogP contribution < -0.4 is 15.8 Å². The van der Waals surface area contributed by atoms with Crippen molar-refractivity contribution in [2.45, 2.75) is 12.0 Å². The Balaban J connectivity index is 1.90. The summed E-state index contributed by atoms with van der Waals surface area (Å²) in [6, 6.07) is 6.63. The molecule has 1 aliphatic heterocycles. The molecule has 1 atom stereocenters. The summed E-state index contributed by atoms with van der Waals surface area (Å²) in [4.78, 5) is 23.0. The summed E-state index contributed by atoms with van der Waals surface area (Å²) in [5, 5.41) is 2.74. The molecule has 0 spiro atoms. The third-order valence-corrected chi connectivity index (χ3v) is 3.20. The van der Waals surface area contributed by atoms with Crippen LogP contribution in [-0.2, 0) is 19.1 Å². The van der Waals surface area contributed by atoms with Gasteiger partial charge in [-0.25, -0.2) is 4.79 Å². The lowest BCUT2D eigenvalue weighted by Crippen LogP contribution is -2.51. The number of benzene rings is 1. The third kappa shape index (κ3) is 3.93. The molecule has 21 heavy (non-hydrogen) atoms. The van der Waals surface area contributed by atoms with Gasteiger partial charge in [-0.2, -0.15) is 0 Å². The maximum Gasteiger partial charge on any atom is 0.343 e. The van der Waals surface area contributed by atoms with Crippen molar-refractivity contribution in [1.82, 2.24) is 0 Å². The van der Waals surface area contributed by atoms with Crippen molar-refractivity contribution in [3.63, 3.8) is 0 Å². The molecule has 1 amide bonds. The lowest BCUT2D eigenvalue weighted by Gasteiger charge is -2.20. The van der Waals surface area contributed by atoms with Crippen LogP contribution in [0.5, 0.6) is 5.75 Å². The summed E-state index contributed by atoms with van der Waals surface area (Å²) in [7, 11) is 1.29. The summed E-state index contributed by atoms with van der Waals surface area (Å²) in [6.45, 7) is 0.550. The largest absolute Gasteiger partial charge is 0.482 e. The first kappa shape index (κ1) is 15.3. The highest BCUT2D eigenvalue weighted by molar-refractivity contribution is 5.98. The van der Waals surface area contributed by atoms with Crippen molar-refractivity contribution in [1.29, 1.82) is 0 Å². The second-order valence-electron chi connectivity index (χ2n) is 4.80. The topological polar surface area (TPSA) is 99.9 Å². The number of methoxy groups -OCH3 is 1. The van der Waals surface area contributed by atoms with E-state index in [9.17, 15) is 9.59 Å². The van der Waals surface area contributed by atoms with Gasteiger partial charge in [-0.1, -0.05) is 0 Å². The van der Waals surface area contributed by atoms with Gasteiger partial charge in [0, 0.05) is 12.3 Å². The molecule has 1 aromatic rings. The number of carbonyl (C=O) groups is 2. The number of hydrogen-bond acceptors (Lipinski definition) is 6. The summed E-state index contributed by atoms with van der Waals surface area (Å²) in [6.07, 6.45) is 0.499. The zero-order valence-corrected chi connectivity index (χ0v) is 11.8. The van der Waals surface area contributed by atoms with Gasteiger partial charge in [0.2, 0.25) is 5.91 Å². The van der Waals surface area contributed by atoms with Crippen LogP contribution in [0.15, 0.2) is 24.3 Å². The minimum Gasteiger partial charge on any atom is -0.482 e. The molecule has 1 saturated heterocycles. The van der Waals surface area contributed by atoms with E-state index >= 15 is 0 Å². The van der Waals surface area contributed by atoms with Crippen molar-refractivity contribution < 1.29 is 23.8 Å². The first-order valence-corrected chi connectivity index (χ1v) is 6.51. The van der Waals surface area contributed by atoms with E-state index < -0.39 is 11.5 Å². The first-order chi connectivity index (χ1) is 10.0. The predicted molar refractivity (Wildman–Crippen MR) is 74.9 cm³/mol. The van der Waals surface area contributed by atoms with E-state index in [0.717, 1.165) is 0 Å². The van der Waals surface area contributed by atoms with E-state index in [1.165, 1.54) is 7.11 Å². The number of rotatable bonds is 5. The van der Waals surface area contributed by atoms with Gasteiger partial charge in [-0.05, 0) is 30.7 Å². The Morgan fingerprint density at radius 2 is 2.10 bits per heavy atom. The van der Waals surface area contributed by atoms with Gasteiger partial charge in [-0.3, -0.25) is 4.79 Å². The molecule has 1 aliphatic rings. The molecule has 0 aliphatic carbocycles. The Morgan fingerprint density at radius 1 is 1.38 bits per heavy atom. The molecular formula is C14H18N2O5. The molecule has 0 saturated carbocycles. The molecule has 1 fully saturated rings. The molecule has 7 heteroatoms. The third-order valence-electron chi connectivity index (χ3n) is 3.20. The molecule has 0 aromatic heterocycles. The Kier molecular flexibility index (Phi) is 4.77. The molecule has 0 bridgehead atoms. The highest BCUT2D eigenvalue weighted by Gasteiger charge is 2.38. The van der Waals surface area contributed by atoms with E-state index in [1.54, 1.807) is 24.3 Å². The molecule has 7 nitrogen and oxygen atoms in total. The summed E-state index contributed by atoms with van der Waals surface area (Å²) >= 11 is 0. The van der Waals surface area contributed by atoms with Crippen molar-refractivity contribution >= 4 is 17.6 Å².